The molecule has 0 aromatic heterocycles. The second kappa shape index (κ2) is 6.53. The molecule has 1 nitrogen and oxygen atoms in total. The van der Waals surface area contributed by atoms with Gasteiger partial charge in [0.1, 0.15) is 0 Å². The molecule has 0 radical (unpaired) electrons. The molecule has 2 atom stereocenters. The van der Waals surface area contributed by atoms with E-state index in [9.17, 15) is 8.78 Å². The summed E-state index contributed by atoms with van der Waals surface area (Å²) in [4.78, 5) is 0. The third-order valence-corrected chi connectivity index (χ3v) is 4.60. The lowest BCUT2D eigenvalue weighted by molar-refractivity contribution is 0.423. The summed E-state index contributed by atoms with van der Waals surface area (Å²) in [6.07, 6.45) is 1.95. The summed E-state index contributed by atoms with van der Waals surface area (Å²) in [6.45, 7) is 3.18. The Morgan fingerprint density at radius 1 is 1.28 bits per heavy atom. The van der Waals surface area contributed by atoms with Crippen molar-refractivity contribution in [3.8, 4) is 0 Å². The van der Waals surface area contributed by atoms with Gasteiger partial charge in [-0.3, -0.25) is 0 Å². The molecule has 1 aromatic rings. The third-order valence-electron chi connectivity index (χ3n) is 3.34. The maximum absolute atomic E-state index is 13.2. The zero-order valence-corrected chi connectivity index (χ0v) is 11.4. The molecule has 0 aliphatic carbocycles. The summed E-state index contributed by atoms with van der Waals surface area (Å²) in [5, 5.41) is 3.54. The van der Waals surface area contributed by atoms with Crippen LogP contribution in [0.4, 0.5) is 8.78 Å². The number of nitrogens with one attached hydrogen (secondary N) is 1. The van der Waals surface area contributed by atoms with Crippen molar-refractivity contribution in [3.63, 3.8) is 0 Å². The van der Waals surface area contributed by atoms with Gasteiger partial charge in [-0.25, -0.2) is 8.78 Å². The number of rotatable bonds is 5. The van der Waals surface area contributed by atoms with Crippen LogP contribution in [0.2, 0.25) is 0 Å². The molecule has 1 aromatic carbocycles. The van der Waals surface area contributed by atoms with E-state index < -0.39 is 11.6 Å². The minimum absolute atomic E-state index is 0.503. The van der Waals surface area contributed by atoms with Gasteiger partial charge in [0.05, 0.1) is 0 Å². The van der Waals surface area contributed by atoms with Gasteiger partial charge in [-0.1, -0.05) is 13.0 Å². The molecule has 2 rings (SSSR count). The van der Waals surface area contributed by atoms with Crippen LogP contribution in [0.1, 0.15) is 18.9 Å². The summed E-state index contributed by atoms with van der Waals surface area (Å²) in [6, 6.07) is 4.75. The van der Waals surface area contributed by atoms with Crippen LogP contribution in [0.25, 0.3) is 0 Å². The monoisotopic (exact) mass is 271 g/mol. The predicted octanol–water partition coefficient (Wildman–Crippen LogP) is 3.24. The van der Waals surface area contributed by atoms with Gasteiger partial charge in [0.25, 0.3) is 0 Å². The lowest BCUT2D eigenvalue weighted by Gasteiger charge is -2.20. The number of thioether (sulfide) groups is 1. The van der Waals surface area contributed by atoms with Crippen molar-refractivity contribution in [1.82, 2.24) is 5.32 Å². The molecule has 1 fully saturated rings. The van der Waals surface area contributed by atoms with Crippen molar-refractivity contribution in [2.24, 2.45) is 5.92 Å². The molecule has 1 N–H and O–H groups in total. The van der Waals surface area contributed by atoms with E-state index in [2.05, 4.69) is 12.2 Å². The zero-order valence-electron chi connectivity index (χ0n) is 10.6. The molecule has 1 aliphatic heterocycles. The predicted molar refractivity (Wildman–Crippen MR) is 73.0 cm³/mol. The molecule has 100 valence electrons. The second-order valence-corrected chi connectivity index (χ2v) is 5.89. The molecular formula is C14H19F2NS. The normalized spacial score (nSPS) is 23.5. The lowest BCUT2D eigenvalue weighted by Crippen LogP contribution is -2.36. The summed E-state index contributed by atoms with van der Waals surface area (Å²) in [5.74, 6) is 1.23. The van der Waals surface area contributed by atoms with E-state index in [4.69, 9.17) is 0 Å². The molecule has 2 unspecified atom stereocenters. The average molecular weight is 271 g/mol. The molecule has 1 heterocycles. The van der Waals surface area contributed by atoms with Crippen molar-refractivity contribution >= 4 is 11.8 Å². The quantitative estimate of drug-likeness (QED) is 0.882. The summed E-state index contributed by atoms with van der Waals surface area (Å²) >= 11 is 1.94. The first-order valence-electron chi connectivity index (χ1n) is 6.45. The van der Waals surface area contributed by atoms with Gasteiger partial charge < -0.3 is 5.32 Å². The fourth-order valence-electron chi connectivity index (χ4n) is 2.32. The second-order valence-electron chi connectivity index (χ2n) is 4.81. The van der Waals surface area contributed by atoms with E-state index in [0.717, 1.165) is 36.5 Å². The number of benzene rings is 1. The Morgan fingerprint density at radius 2 is 2.11 bits per heavy atom. The standard InChI is InChI=1S/C14H19F2NS/c1-2-5-17-14-9-18-8-11(14)6-10-3-4-12(15)13(16)7-10/h3-4,7,11,14,17H,2,5-6,8-9H2,1H3. The van der Waals surface area contributed by atoms with Crippen molar-refractivity contribution in [3.05, 3.63) is 35.4 Å². The Hall–Kier alpha value is -0.610. The van der Waals surface area contributed by atoms with Gasteiger partial charge in [-0.2, -0.15) is 11.8 Å². The Balaban J connectivity index is 1.96. The van der Waals surface area contributed by atoms with Crippen LogP contribution in [0.5, 0.6) is 0 Å². The van der Waals surface area contributed by atoms with Crippen LogP contribution >= 0.6 is 11.8 Å². The van der Waals surface area contributed by atoms with Crippen LogP contribution in [-0.2, 0) is 6.42 Å². The van der Waals surface area contributed by atoms with Crippen molar-refractivity contribution in [2.75, 3.05) is 18.1 Å². The Kier molecular flexibility index (Phi) is 5.01. The molecular weight excluding hydrogens is 252 g/mol. The molecule has 4 heteroatoms. The van der Waals surface area contributed by atoms with Crippen LogP contribution in [0, 0.1) is 17.6 Å². The molecule has 0 bridgehead atoms. The SMILES string of the molecule is CCCNC1CSCC1Cc1ccc(F)c(F)c1. The highest BCUT2D eigenvalue weighted by Crippen LogP contribution is 2.27. The number of hydrogen-bond acceptors (Lipinski definition) is 2. The van der Waals surface area contributed by atoms with Crippen LogP contribution < -0.4 is 5.32 Å². The average Bonchev–Trinajstić information content (AvgIpc) is 2.79. The van der Waals surface area contributed by atoms with Crippen LogP contribution in [0.3, 0.4) is 0 Å². The zero-order chi connectivity index (χ0) is 13.0. The van der Waals surface area contributed by atoms with Crippen molar-refractivity contribution < 1.29 is 8.78 Å². The van der Waals surface area contributed by atoms with Crippen LogP contribution in [0.15, 0.2) is 18.2 Å². The van der Waals surface area contributed by atoms with E-state index in [0.29, 0.717) is 12.0 Å². The number of hydrogen-bond donors (Lipinski definition) is 1. The van der Waals surface area contributed by atoms with Gasteiger partial charge in [-0.05, 0) is 48.8 Å². The van der Waals surface area contributed by atoms with Crippen molar-refractivity contribution in [1.29, 1.82) is 0 Å². The molecule has 1 saturated heterocycles. The fraction of sp³-hybridized carbons (Fsp3) is 0.571. The van der Waals surface area contributed by atoms with Gasteiger partial charge in [0, 0.05) is 11.8 Å². The molecule has 0 saturated carbocycles. The maximum atomic E-state index is 13.2. The first kappa shape index (κ1) is 13.8. The molecule has 0 spiro atoms. The highest BCUT2D eigenvalue weighted by Gasteiger charge is 2.27. The van der Waals surface area contributed by atoms with Gasteiger partial charge in [-0.15, -0.1) is 0 Å². The molecule has 1 aliphatic rings. The van der Waals surface area contributed by atoms with Crippen LogP contribution in [-0.4, -0.2) is 24.1 Å². The van der Waals surface area contributed by atoms with E-state index in [1.807, 2.05) is 11.8 Å². The van der Waals surface area contributed by atoms with E-state index in [1.165, 1.54) is 12.1 Å². The Morgan fingerprint density at radius 3 is 2.83 bits per heavy atom. The van der Waals surface area contributed by atoms with E-state index in [-0.39, 0.29) is 0 Å². The molecule has 0 amide bonds. The first-order chi connectivity index (χ1) is 8.70. The molecule has 18 heavy (non-hydrogen) atoms. The highest BCUT2D eigenvalue weighted by atomic mass is 32.2. The first-order valence-corrected chi connectivity index (χ1v) is 7.61. The third kappa shape index (κ3) is 3.45. The highest BCUT2D eigenvalue weighted by molar-refractivity contribution is 7.99. The minimum Gasteiger partial charge on any atom is -0.313 e. The van der Waals surface area contributed by atoms with E-state index in [1.54, 1.807) is 6.07 Å². The Bertz CT molecular complexity index is 397. The van der Waals surface area contributed by atoms with E-state index >= 15 is 0 Å². The number of halogens is 2. The van der Waals surface area contributed by atoms with Gasteiger partial charge in [0.15, 0.2) is 11.6 Å². The topological polar surface area (TPSA) is 12.0 Å². The largest absolute Gasteiger partial charge is 0.313 e. The van der Waals surface area contributed by atoms with Gasteiger partial charge >= 0.3 is 0 Å². The fourth-order valence-corrected chi connectivity index (χ4v) is 3.76. The summed E-state index contributed by atoms with van der Waals surface area (Å²) in [7, 11) is 0. The summed E-state index contributed by atoms with van der Waals surface area (Å²) in [5.41, 5.74) is 0.893. The smallest absolute Gasteiger partial charge is 0.159 e. The Labute approximate surface area is 111 Å². The minimum atomic E-state index is -0.764. The lowest BCUT2D eigenvalue weighted by atomic mass is 9.95. The van der Waals surface area contributed by atoms with Crippen molar-refractivity contribution in [2.45, 2.75) is 25.8 Å². The van der Waals surface area contributed by atoms with Gasteiger partial charge in [0.2, 0.25) is 0 Å². The summed E-state index contributed by atoms with van der Waals surface area (Å²) < 4.78 is 26.0. The maximum Gasteiger partial charge on any atom is 0.159 e.